The van der Waals surface area contributed by atoms with Crippen LogP contribution in [-0.2, 0) is 0 Å². The van der Waals surface area contributed by atoms with Gasteiger partial charge in [-0.05, 0) is 12.1 Å². The van der Waals surface area contributed by atoms with E-state index in [1.165, 1.54) is 0 Å². The van der Waals surface area contributed by atoms with Crippen molar-refractivity contribution in [1.82, 2.24) is 4.98 Å². The Morgan fingerprint density at radius 3 is 1.90 bits per heavy atom. The van der Waals surface area contributed by atoms with Crippen molar-refractivity contribution in [2.75, 3.05) is 5.73 Å². The van der Waals surface area contributed by atoms with Crippen molar-refractivity contribution in [2.24, 2.45) is 0 Å². The van der Waals surface area contributed by atoms with Gasteiger partial charge in [0.05, 0.1) is 5.56 Å². The number of pyridine rings is 1. The highest BCUT2D eigenvalue weighted by Crippen LogP contribution is 2.33. The van der Waals surface area contributed by atoms with Gasteiger partial charge in [0.2, 0.25) is 5.82 Å². The number of hydrogen-bond donors (Lipinski definition) is 2. The van der Waals surface area contributed by atoms with Gasteiger partial charge in [0.15, 0.2) is 29.0 Å². The third-order valence-corrected chi connectivity index (χ3v) is 2.60. The van der Waals surface area contributed by atoms with Crippen molar-refractivity contribution in [3.63, 3.8) is 0 Å². The Bertz CT molecular complexity index is 735. The van der Waals surface area contributed by atoms with Crippen LogP contribution in [0.2, 0.25) is 0 Å². The topological polar surface area (TPSA) is 76.2 Å². The van der Waals surface area contributed by atoms with Crippen LogP contribution in [0, 0.1) is 29.1 Å². The molecule has 4 nitrogen and oxygen atoms in total. The molecule has 1 aromatic heterocycles. The Labute approximate surface area is 113 Å². The monoisotopic (exact) mass is 304 g/mol. The number of aromatic carboxylic acids is 1. The molecule has 3 N–H and O–H groups in total. The van der Waals surface area contributed by atoms with E-state index >= 15 is 0 Å². The second-order valence-corrected chi connectivity index (χ2v) is 3.88. The van der Waals surface area contributed by atoms with Crippen LogP contribution in [-0.4, -0.2) is 16.1 Å². The van der Waals surface area contributed by atoms with Gasteiger partial charge in [0, 0.05) is 5.56 Å². The number of nitrogen functional groups attached to an aromatic ring is 1. The predicted molar refractivity (Wildman–Crippen MR) is 60.8 cm³/mol. The summed E-state index contributed by atoms with van der Waals surface area (Å²) >= 11 is 0. The second kappa shape index (κ2) is 5.00. The van der Waals surface area contributed by atoms with Crippen LogP contribution in [0.5, 0.6) is 0 Å². The molecule has 0 radical (unpaired) electrons. The van der Waals surface area contributed by atoms with Gasteiger partial charge in [-0.15, -0.1) is 0 Å². The van der Waals surface area contributed by atoms with E-state index < -0.39 is 51.9 Å². The fourth-order valence-electron chi connectivity index (χ4n) is 1.68. The highest BCUT2D eigenvalue weighted by Gasteiger charge is 2.29. The molecule has 2 rings (SSSR count). The summed E-state index contributed by atoms with van der Waals surface area (Å²) in [7, 11) is 0. The first-order valence-corrected chi connectivity index (χ1v) is 5.27. The normalized spacial score (nSPS) is 10.7. The number of benzene rings is 1. The number of halogens is 5. The fourth-order valence-corrected chi connectivity index (χ4v) is 1.68. The van der Waals surface area contributed by atoms with Crippen LogP contribution in [0.1, 0.15) is 10.5 Å². The number of carbonyl (C=O) groups is 1. The van der Waals surface area contributed by atoms with E-state index in [1.54, 1.807) is 0 Å². The van der Waals surface area contributed by atoms with Gasteiger partial charge in [-0.25, -0.2) is 31.7 Å². The van der Waals surface area contributed by atoms with E-state index in [-0.39, 0.29) is 5.82 Å². The lowest BCUT2D eigenvalue weighted by atomic mass is 10.0. The minimum absolute atomic E-state index is 0.292. The Balaban J connectivity index is 2.89. The van der Waals surface area contributed by atoms with Gasteiger partial charge in [-0.3, -0.25) is 0 Å². The number of rotatable bonds is 2. The molecule has 21 heavy (non-hydrogen) atoms. The maximum atomic E-state index is 13.7. The molecule has 2 aromatic rings. The van der Waals surface area contributed by atoms with Crippen molar-refractivity contribution in [3.8, 4) is 11.1 Å². The number of anilines is 1. The quantitative estimate of drug-likeness (QED) is 0.508. The Morgan fingerprint density at radius 1 is 0.952 bits per heavy atom. The molecule has 0 saturated heterocycles. The number of carboxylic acid groups (broad SMARTS) is 1. The molecule has 1 aromatic carbocycles. The molecule has 0 aliphatic carbocycles. The van der Waals surface area contributed by atoms with E-state index in [2.05, 4.69) is 4.98 Å². The van der Waals surface area contributed by atoms with E-state index in [1.807, 2.05) is 0 Å². The number of hydrogen-bond acceptors (Lipinski definition) is 3. The van der Waals surface area contributed by atoms with Crippen molar-refractivity contribution in [3.05, 3.63) is 46.9 Å². The van der Waals surface area contributed by atoms with Crippen LogP contribution in [0.25, 0.3) is 11.1 Å². The largest absolute Gasteiger partial charge is 0.476 e. The number of carboxylic acids is 1. The number of aromatic nitrogens is 1. The van der Waals surface area contributed by atoms with Gasteiger partial charge in [-0.1, -0.05) is 0 Å². The molecule has 0 fully saturated rings. The van der Waals surface area contributed by atoms with Crippen molar-refractivity contribution in [2.45, 2.75) is 0 Å². The zero-order chi connectivity index (χ0) is 15.9. The average Bonchev–Trinajstić information content (AvgIpc) is 2.44. The third kappa shape index (κ3) is 2.26. The summed E-state index contributed by atoms with van der Waals surface area (Å²) in [4.78, 5) is 14.3. The molecule has 0 bridgehead atoms. The van der Waals surface area contributed by atoms with E-state index in [0.29, 0.717) is 0 Å². The highest BCUT2D eigenvalue weighted by atomic mass is 19.2. The zero-order valence-electron chi connectivity index (χ0n) is 9.92. The summed E-state index contributed by atoms with van der Waals surface area (Å²) < 4.78 is 66.6. The molecule has 0 unspecified atom stereocenters. The molecule has 110 valence electrons. The van der Waals surface area contributed by atoms with Gasteiger partial charge < -0.3 is 10.8 Å². The molecule has 0 amide bonds. The molecule has 0 atom stereocenters. The zero-order valence-corrected chi connectivity index (χ0v) is 9.92. The summed E-state index contributed by atoms with van der Waals surface area (Å²) in [6, 6.07) is 1.78. The molecule has 0 spiro atoms. The molecule has 1 heterocycles. The summed E-state index contributed by atoms with van der Waals surface area (Å²) in [6.07, 6.45) is 0. The van der Waals surface area contributed by atoms with Crippen LogP contribution in [0.4, 0.5) is 27.8 Å². The average molecular weight is 304 g/mol. The minimum atomic E-state index is -2.34. The SMILES string of the molecule is Nc1ccc(-c2c(F)c(F)c(F)c(F)c2F)c(C(=O)O)n1. The first-order chi connectivity index (χ1) is 9.75. The maximum absolute atomic E-state index is 13.7. The molecule has 9 heteroatoms. The van der Waals surface area contributed by atoms with Gasteiger partial charge in [-0.2, -0.15) is 0 Å². The van der Waals surface area contributed by atoms with E-state index in [0.717, 1.165) is 12.1 Å². The number of nitrogens with zero attached hydrogens (tertiary/aromatic N) is 1. The Hall–Kier alpha value is -2.71. The van der Waals surface area contributed by atoms with Crippen molar-refractivity contribution in [1.29, 1.82) is 0 Å². The lowest BCUT2D eigenvalue weighted by Crippen LogP contribution is -2.10. The summed E-state index contributed by atoms with van der Waals surface area (Å²) in [5.74, 6) is -13.0. The van der Waals surface area contributed by atoms with Crippen LogP contribution in [0.3, 0.4) is 0 Å². The van der Waals surface area contributed by atoms with Crippen LogP contribution >= 0.6 is 0 Å². The minimum Gasteiger partial charge on any atom is -0.476 e. The Morgan fingerprint density at radius 2 is 1.43 bits per heavy atom. The molecule has 0 aliphatic heterocycles. The van der Waals surface area contributed by atoms with Crippen LogP contribution < -0.4 is 5.73 Å². The molecule has 0 aliphatic rings. The van der Waals surface area contributed by atoms with E-state index in [4.69, 9.17) is 10.8 Å². The standard InChI is InChI=1S/C12H5F5N2O2/c13-6-5(7(14)9(16)10(17)8(6)15)3-1-2-4(18)19-11(3)12(20)21/h1-2H,(H2,18,19)(H,20,21). The van der Waals surface area contributed by atoms with Gasteiger partial charge in [0.25, 0.3) is 0 Å². The van der Waals surface area contributed by atoms with E-state index in [9.17, 15) is 26.7 Å². The first kappa shape index (κ1) is 14.7. The first-order valence-electron chi connectivity index (χ1n) is 5.27. The second-order valence-electron chi connectivity index (χ2n) is 3.88. The fraction of sp³-hybridized carbons (Fsp3) is 0. The maximum Gasteiger partial charge on any atom is 0.355 e. The third-order valence-electron chi connectivity index (χ3n) is 2.60. The number of nitrogens with two attached hydrogens (primary N) is 1. The molecule has 0 saturated carbocycles. The predicted octanol–water partition coefficient (Wildman–Crippen LogP) is 2.72. The van der Waals surface area contributed by atoms with Crippen LogP contribution in [0.15, 0.2) is 12.1 Å². The van der Waals surface area contributed by atoms with Crippen molar-refractivity contribution >= 4 is 11.8 Å². The highest BCUT2D eigenvalue weighted by molar-refractivity contribution is 5.94. The smallest absolute Gasteiger partial charge is 0.355 e. The molecular formula is C12H5F5N2O2. The lowest BCUT2D eigenvalue weighted by Gasteiger charge is -2.10. The van der Waals surface area contributed by atoms with Crippen molar-refractivity contribution < 1.29 is 31.9 Å². The van der Waals surface area contributed by atoms with Gasteiger partial charge in [0.1, 0.15) is 5.82 Å². The summed E-state index contributed by atoms with van der Waals surface area (Å²) in [5, 5.41) is 8.90. The summed E-state index contributed by atoms with van der Waals surface area (Å²) in [6.45, 7) is 0. The Kier molecular flexibility index (Phi) is 3.50. The molecular weight excluding hydrogens is 299 g/mol. The van der Waals surface area contributed by atoms with Gasteiger partial charge >= 0.3 is 5.97 Å². The lowest BCUT2D eigenvalue weighted by molar-refractivity contribution is 0.0691. The summed E-state index contributed by atoms with van der Waals surface area (Å²) in [5.41, 5.74) is 2.15.